The predicted octanol–water partition coefficient (Wildman–Crippen LogP) is 0.600. The van der Waals surface area contributed by atoms with Crippen molar-refractivity contribution in [2.24, 2.45) is 0 Å². The lowest BCUT2D eigenvalue weighted by atomic mass is 10.3. The summed E-state index contributed by atoms with van der Waals surface area (Å²) in [6.45, 7) is 4.64. The van der Waals surface area contributed by atoms with Crippen LogP contribution in [0, 0.1) is 6.92 Å². The second-order valence-electron chi connectivity index (χ2n) is 5.02. The van der Waals surface area contributed by atoms with Gasteiger partial charge >= 0.3 is 5.97 Å². The van der Waals surface area contributed by atoms with Gasteiger partial charge in [0.1, 0.15) is 0 Å². The van der Waals surface area contributed by atoms with Crippen molar-refractivity contribution < 1.29 is 9.90 Å². The zero-order valence-corrected chi connectivity index (χ0v) is 12.2. The smallest absolute Gasteiger partial charge is 0.354 e. The van der Waals surface area contributed by atoms with E-state index < -0.39 is 5.97 Å². The molecule has 1 N–H and O–H groups in total. The predicted molar refractivity (Wildman–Crippen MR) is 80.2 cm³/mol. The molecule has 0 atom stereocenters. The van der Waals surface area contributed by atoms with E-state index in [2.05, 4.69) is 24.8 Å². The van der Waals surface area contributed by atoms with Crippen LogP contribution in [0.25, 0.3) is 0 Å². The van der Waals surface area contributed by atoms with Gasteiger partial charge in [-0.25, -0.2) is 24.7 Å². The lowest BCUT2D eigenvalue weighted by Gasteiger charge is -2.34. The molecule has 2 aromatic heterocycles. The molecule has 1 saturated heterocycles. The molecule has 1 aliphatic rings. The van der Waals surface area contributed by atoms with Crippen molar-refractivity contribution in [3.63, 3.8) is 0 Å². The Kier molecular flexibility index (Phi) is 3.82. The van der Waals surface area contributed by atoms with Gasteiger partial charge in [0.2, 0.25) is 11.9 Å². The minimum Gasteiger partial charge on any atom is -0.477 e. The fourth-order valence-corrected chi connectivity index (χ4v) is 2.36. The maximum absolute atomic E-state index is 11.1. The summed E-state index contributed by atoms with van der Waals surface area (Å²) in [4.78, 5) is 32.1. The molecule has 0 aromatic carbocycles. The molecule has 2 aromatic rings. The number of aromatic nitrogens is 4. The number of aryl methyl sites for hydroxylation is 1. The molecule has 8 nitrogen and oxygen atoms in total. The average Bonchev–Trinajstić information content (AvgIpc) is 2.55. The summed E-state index contributed by atoms with van der Waals surface area (Å²) in [7, 11) is 0. The number of carboxylic acids is 1. The molecule has 22 heavy (non-hydrogen) atoms. The van der Waals surface area contributed by atoms with Crippen LogP contribution < -0.4 is 9.80 Å². The lowest BCUT2D eigenvalue weighted by molar-refractivity contribution is 0.0690. The normalized spacial score (nSPS) is 15.0. The molecule has 8 heteroatoms. The Bertz CT molecular complexity index is 670. The first-order valence-corrected chi connectivity index (χ1v) is 6.99. The van der Waals surface area contributed by atoms with Gasteiger partial charge in [-0.05, 0) is 19.1 Å². The van der Waals surface area contributed by atoms with E-state index in [4.69, 9.17) is 5.11 Å². The van der Waals surface area contributed by atoms with Crippen molar-refractivity contribution in [1.29, 1.82) is 0 Å². The zero-order chi connectivity index (χ0) is 15.5. The van der Waals surface area contributed by atoms with E-state index in [-0.39, 0.29) is 5.69 Å². The summed E-state index contributed by atoms with van der Waals surface area (Å²) in [5, 5.41) is 9.09. The van der Waals surface area contributed by atoms with Crippen molar-refractivity contribution in [1.82, 2.24) is 19.9 Å². The van der Waals surface area contributed by atoms with E-state index in [0.717, 1.165) is 13.1 Å². The number of anilines is 2. The number of rotatable bonds is 3. The first-order chi connectivity index (χ1) is 10.6. The van der Waals surface area contributed by atoms with Crippen LogP contribution >= 0.6 is 0 Å². The maximum Gasteiger partial charge on any atom is 0.354 e. The van der Waals surface area contributed by atoms with Gasteiger partial charge in [-0.3, -0.25) is 0 Å². The van der Waals surface area contributed by atoms with Gasteiger partial charge in [0.05, 0.1) is 0 Å². The molecule has 1 aliphatic heterocycles. The highest BCUT2D eigenvalue weighted by molar-refractivity contribution is 5.85. The first-order valence-electron chi connectivity index (χ1n) is 6.99. The number of aromatic carboxylic acids is 1. The summed E-state index contributed by atoms with van der Waals surface area (Å²) in [6, 6.07) is 3.26. The van der Waals surface area contributed by atoms with Gasteiger partial charge in [0, 0.05) is 44.3 Å². The van der Waals surface area contributed by atoms with E-state index in [1.165, 1.54) is 6.07 Å². The molecule has 0 bridgehead atoms. The first kappa shape index (κ1) is 14.2. The fraction of sp³-hybridized carbons (Fsp3) is 0.357. The number of hydrogen-bond donors (Lipinski definition) is 1. The third-order valence-corrected chi connectivity index (χ3v) is 3.46. The lowest BCUT2D eigenvalue weighted by Crippen LogP contribution is -2.47. The Balaban J connectivity index is 1.73. The van der Waals surface area contributed by atoms with E-state index >= 15 is 0 Å². The number of nitrogens with zero attached hydrogens (tertiary/aromatic N) is 6. The fourth-order valence-electron chi connectivity index (χ4n) is 2.36. The van der Waals surface area contributed by atoms with Crippen LogP contribution in [0.15, 0.2) is 24.5 Å². The molecule has 0 saturated carbocycles. The van der Waals surface area contributed by atoms with Gasteiger partial charge in [0.25, 0.3) is 0 Å². The molecular weight excluding hydrogens is 284 g/mol. The highest BCUT2D eigenvalue weighted by atomic mass is 16.4. The number of carboxylic acid groups (broad SMARTS) is 1. The van der Waals surface area contributed by atoms with Gasteiger partial charge in [0.15, 0.2) is 5.69 Å². The molecular formula is C14H16N6O2. The van der Waals surface area contributed by atoms with Crippen LogP contribution in [0.2, 0.25) is 0 Å². The average molecular weight is 300 g/mol. The molecule has 1 fully saturated rings. The molecule has 3 heterocycles. The van der Waals surface area contributed by atoms with E-state index in [1.54, 1.807) is 25.4 Å². The number of carbonyl (C=O) groups is 1. The van der Waals surface area contributed by atoms with Crippen molar-refractivity contribution in [2.45, 2.75) is 6.92 Å². The molecule has 0 amide bonds. The van der Waals surface area contributed by atoms with Crippen LogP contribution in [-0.4, -0.2) is 57.2 Å². The Morgan fingerprint density at radius 1 is 1.05 bits per heavy atom. The van der Waals surface area contributed by atoms with Crippen LogP contribution in [0.1, 0.15) is 16.2 Å². The quantitative estimate of drug-likeness (QED) is 0.880. The van der Waals surface area contributed by atoms with Crippen molar-refractivity contribution >= 4 is 17.9 Å². The Labute approximate surface area is 127 Å². The minimum absolute atomic E-state index is 0.0244. The summed E-state index contributed by atoms with van der Waals surface area (Å²) < 4.78 is 0. The van der Waals surface area contributed by atoms with Crippen molar-refractivity contribution in [3.05, 3.63) is 35.9 Å². The molecule has 114 valence electrons. The van der Waals surface area contributed by atoms with Gasteiger partial charge in [-0.15, -0.1) is 0 Å². The number of piperazine rings is 1. The Morgan fingerprint density at radius 3 is 2.23 bits per heavy atom. The SMILES string of the molecule is Cc1cc(C(=O)O)nc(N2CCN(c3ncccn3)CC2)n1. The third kappa shape index (κ3) is 2.95. The van der Waals surface area contributed by atoms with Crippen LogP contribution in [-0.2, 0) is 0 Å². The third-order valence-electron chi connectivity index (χ3n) is 3.46. The summed E-state index contributed by atoms with van der Waals surface area (Å²) in [6.07, 6.45) is 3.44. The maximum atomic E-state index is 11.1. The van der Waals surface area contributed by atoms with E-state index in [1.807, 2.05) is 4.90 Å². The molecule has 3 rings (SSSR count). The monoisotopic (exact) mass is 300 g/mol. The van der Waals surface area contributed by atoms with Crippen LogP contribution in [0.3, 0.4) is 0 Å². The molecule has 0 unspecified atom stereocenters. The Hall–Kier alpha value is -2.77. The van der Waals surface area contributed by atoms with Gasteiger partial charge < -0.3 is 14.9 Å². The minimum atomic E-state index is -1.04. The highest BCUT2D eigenvalue weighted by Gasteiger charge is 2.21. The molecule has 0 spiro atoms. The summed E-state index contributed by atoms with van der Waals surface area (Å²) in [5.41, 5.74) is 0.674. The van der Waals surface area contributed by atoms with Crippen LogP contribution in [0.4, 0.5) is 11.9 Å². The largest absolute Gasteiger partial charge is 0.477 e. The summed E-state index contributed by atoms with van der Waals surface area (Å²) in [5.74, 6) is 0.132. The van der Waals surface area contributed by atoms with Crippen molar-refractivity contribution in [3.8, 4) is 0 Å². The van der Waals surface area contributed by atoms with Crippen molar-refractivity contribution in [2.75, 3.05) is 36.0 Å². The van der Waals surface area contributed by atoms with Crippen LogP contribution in [0.5, 0.6) is 0 Å². The zero-order valence-electron chi connectivity index (χ0n) is 12.2. The number of hydrogen-bond acceptors (Lipinski definition) is 7. The molecule has 0 aliphatic carbocycles. The standard InChI is InChI=1S/C14H16N6O2/c1-10-9-11(12(21)22)18-14(17-10)20-7-5-19(6-8-20)13-15-3-2-4-16-13/h2-4,9H,5-8H2,1H3,(H,21,22). The summed E-state index contributed by atoms with van der Waals surface area (Å²) >= 11 is 0. The van der Waals surface area contributed by atoms with E-state index in [9.17, 15) is 4.79 Å². The Morgan fingerprint density at radius 2 is 1.64 bits per heavy atom. The topological polar surface area (TPSA) is 95.3 Å². The van der Waals surface area contributed by atoms with Gasteiger partial charge in [-0.2, -0.15) is 0 Å². The van der Waals surface area contributed by atoms with Gasteiger partial charge in [-0.1, -0.05) is 0 Å². The second-order valence-corrected chi connectivity index (χ2v) is 5.02. The highest BCUT2D eigenvalue weighted by Crippen LogP contribution is 2.15. The molecule has 0 radical (unpaired) electrons. The van der Waals surface area contributed by atoms with E-state index in [0.29, 0.717) is 30.7 Å². The second kappa shape index (κ2) is 5.92.